The maximum atomic E-state index is 12.5. The zero-order chi connectivity index (χ0) is 17.1. The fourth-order valence-corrected chi connectivity index (χ4v) is 3.75. The average Bonchev–Trinajstić information content (AvgIpc) is 3.35. The van der Waals surface area contributed by atoms with Crippen LogP contribution in [0.2, 0.25) is 5.02 Å². The highest BCUT2D eigenvalue weighted by Gasteiger charge is 2.49. The molecular weight excluding hydrogens is 324 g/mol. The number of piperidine rings is 1. The zero-order valence-electron chi connectivity index (χ0n) is 14.1. The van der Waals surface area contributed by atoms with Gasteiger partial charge in [0.25, 0.3) is 0 Å². The Bertz CT molecular complexity index is 619. The monoisotopic (exact) mass is 348 g/mol. The Hall–Kier alpha value is -1.55. The number of nitrogens with one attached hydrogen (secondary N) is 1. The van der Waals surface area contributed by atoms with Crippen molar-refractivity contribution in [3.8, 4) is 0 Å². The van der Waals surface area contributed by atoms with Gasteiger partial charge in [0, 0.05) is 24.7 Å². The Kier molecular flexibility index (Phi) is 5.44. The van der Waals surface area contributed by atoms with Gasteiger partial charge < -0.3 is 10.2 Å². The van der Waals surface area contributed by atoms with E-state index in [2.05, 4.69) is 12.2 Å². The van der Waals surface area contributed by atoms with Gasteiger partial charge in [-0.1, -0.05) is 30.7 Å². The van der Waals surface area contributed by atoms with Crippen LogP contribution < -0.4 is 5.32 Å². The molecule has 130 valence electrons. The highest BCUT2D eigenvalue weighted by Crippen LogP contribution is 2.40. The Morgan fingerprint density at radius 1 is 1.33 bits per heavy atom. The van der Waals surface area contributed by atoms with E-state index in [1.165, 1.54) is 6.42 Å². The van der Waals surface area contributed by atoms with Gasteiger partial charge in [0.15, 0.2) is 0 Å². The summed E-state index contributed by atoms with van der Waals surface area (Å²) in [4.78, 5) is 26.7. The van der Waals surface area contributed by atoms with E-state index in [4.69, 9.17) is 11.6 Å². The fourth-order valence-electron chi connectivity index (χ4n) is 3.54. The quantitative estimate of drug-likeness (QED) is 0.889. The maximum absolute atomic E-state index is 12.5. The highest BCUT2D eigenvalue weighted by molar-refractivity contribution is 6.30. The van der Waals surface area contributed by atoms with E-state index in [1.54, 1.807) is 0 Å². The summed E-state index contributed by atoms with van der Waals surface area (Å²) in [5.41, 5.74) is 1.11. The number of nitrogens with zero attached hydrogens (tertiary/aromatic N) is 1. The number of benzene rings is 1. The van der Waals surface area contributed by atoms with Gasteiger partial charge in [-0.25, -0.2) is 0 Å². The summed E-state index contributed by atoms with van der Waals surface area (Å²) in [5.74, 6) is 0.541. The molecule has 1 aliphatic heterocycles. The lowest BCUT2D eigenvalue weighted by molar-refractivity contribution is -0.136. The minimum absolute atomic E-state index is 0.0143. The van der Waals surface area contributed by atoms with Crippen LogP contribution in [0.5, 0.6) is 0 Å². The molecule has 1 aliphatic carbocycles. The molecule has 0 aromatic heterocycles. The van der Waals surface area contributed by atoms with Crippen LogP contribution in [0.1, 0.15) is 31.7 Å². The number of halogens is 1. The van der Waals surface area contributed by atoms with E-state index < -0.39 is 0 Å². The first-order chi connectivity index (χ1) is 11.5. The lowest BCUT2D eigenvalue weighted by Gasteiger charge is -2.31. The van der Waals surface area contributed by atoms with Crippen LogP contribution in [-0.2, 0) is 16.0 Å². The van der Waals surface area contributed by atoms with Crippen LogP contribution in [0.4, 0.5) is 0 Å². The van der Waals surface area contributed by atoms with Gasteiger partial charge in [0.1, 0.15) is 0 Å². The molecule has 1 saturated heterocycles. The lowest BCUT2D eigenvalue weighted by Crippen LogP contribution is -2.41. The summed E-state index contributed by atoms with van der Waals surface area (Å²) in [6.45, 7) is 4.46. The third-order valence-corrected chi connectivity index (χ3v) is 5.25. The second-order valence-corrected chi connectivity index (χ2v) is 7.59. The SMILES string of the molecule is CC1CCCN(C(=O)C2CC2C(=O)NCCc2cccc(Cl)c2)C1. The normalized spacial score (nSPS) is 26.1. The molecule has 2 amide bonds. The van der Waals surface area contributed by atoms with Crippen molar-refractivity contribution in [3.05, 3.63) is 34.9 Å². The van der Waals surface area contributed by atoms with E-state index in [0.29, 0.717) is 23.9 Å². The molecule has 1 aromatic rings. The summed E-state index contributed by atoms with van der Waals surface area (Å²) >= 11 is 5.96. The molecule has 1 aromatic carbocycles. The molecule has 0 bridgehead atoms. The second-order valence-electron chi connectivity index (χ2n) is 7.15. The molecule has 0 spiro atoms. The van der Waals surface area contributed by atoms with Crippen molar-refractivity contribution in [2.45, 2.75) is 32.6 Å². The summed E-state index contributed by atoms with van der Waals surface area (Å²) in [6.07, 6.45) is 3.73. The van der Waals surface area contributed by atoms with Crippen LogP contribution >= 0.6 is 11.6 Å². The van der Waals surface area contributed by atoms with Crippen molar-refractivity contribution < 1.29 is 9.59 Å². The minimum atomic E-state index is -0.130. The zero-order valence-corrected chi connectivity index (χ0v) is 14.9. The molecule has 3 atom stereocenters. The smallest absolute Gasteiger partial charge is 0.226 e. The molecule has 3 rings (SSSR count). The lowest BCUT2D eigenvalue weighted by atomic mass is 10.00. The number of hydrogen-bond donors (Lipinski definition) is 1. The molecule has 2 fully saturated rings. The molecular formula is C19H25ClN2O2. The van der Waals surface area contributed by atoms with Crippen LogP contribution in [-0.4, -0.2) is 36.3 Å². The highest BCUT2D eigenvalue weighted by atomic mass is 35.5. The summed E-state index contributed by atoms with van der Waals surface area (Å²) in [5, 5.41) is 3.67. The first-order valence-corrected chi connectivity index (χ1v) is 9.23. The topological polar surface area (TPSA) is 49.4 Å². The van der Waals surface area contributed by atoms with E-state index in [9.17, 15) is 9.59 Å². The summed E-state index contributed by atoms with van der Waals surface area (Å²) < 4.78 is 0. The summed E-state index contributed by atoms with van der Waals surface area (Å²) in [6, 6.07) is 7.66. The molecule has 4 nitrogen and oxygen atoms in total. The van der Waals surface area contributed by atoms with Gasteiger partial charge in [-0.05, 0) is 49.3 Å². The van der Waals surface area contributed by atoms with E-state index in [0.717, 1.165) is 31.5 Å². The van der Waals surface area contributed by atoms with Crippen molar-refractivity contribution in [3.63, 3.8) is 0 Å². The van der Waals surface area contributed by atoms with Gasteiger partial charge in [-0.3, -0.25) is 9.59 Å². The Balaban J connectivity index is 1.41. The van der Waals surface area contributed by atoms with Crippen molar-refractivity contribution in [2.75, 3.05) is 19.6 Å². The predicted molar refractivity (Wildman–Crippen MR) is 94.7 cm³/mol. The van der Waals surface area contributed by atoms with Crippen molar-refractivity contribution in [1.29, 1.82) is 0 Å². The third-order valence-electron chi connectivity index (χ3n) is 5.02. The van der Waals surface area contributed by atoms with Crippen molar-refractivity contribution >= 4 is 23.4 Å². The Morgan fingerprint density at radius 2 is 2.17 bits per heavy atom. The van der Waals surface area contributed by atoms with Gasteiger partial charge in [0.2, 0.25) is 11.8 Å². The van der Waals surface area contributed by atoms with Gasteiger partial charge in [-0.2, -0.15) is 0 Å². The number of likely N-dealkylation sites (tertiary alicyclic amines) is 1. The van der Waals surface area contributed by atoms with Crippen LogP contribution in [0.15, 0.2) is 24.3 Å². The third kappa shape index (κ3) is 4.29. The fraction of sp³-hybridized carbons (Fsp3) is 0.579. The molecule has 1 heterocycles. The van der Waals surface area contributed by atoms with Crippen LogP contribution in [0.25, 0.3) is 0 Å². The minimum Gasteiger partial charge on any atom is -0.356 e. The molecule has 24 heavy (non-hydrogen) atoms. The van der Waals surface area contributed by atoms with Gasteiger partial charge in [0.05, 0.1) is 11.8 Å². The number of carbonyl (C=O) groups excluding carboxylic acids is 2. The Labute approximate surface area is 148 Å². The maximum Gasteiger partial charge on any atom is 0.226 e. The van der Waals surface area contributed by atoms with Crippen molar-refractivity contribution in [1.82, 2.24) is 10.2 Å². The number of hydrogen-bond acceptors (Lipinski definition) is 2. The second kappa shape index (κ2) is 7.56. The standard InChI is InChI=1S/C19H25ClN2O2/c1-13-4-3-9-22(12-13)19(24)17-11-16(17)18(23)21-8-7-14-5-2-6-15(20)10-14/h2,5-6,10,13,16-17H,3-4,7-9,11-12H2,1H3,(H,21,23). The van der Waals surface area contributed by atoms with Crippen LogP contribution in [0.3, 0.4) is 0 Å². The largest absolute Gasteiger partial charge is 0.356 e. The molecule has 0 radical (unpaired) electrons. The number of amides is 2. The molecule has 1 N–H and O–H groups in total. The van der Waals surface area contributed by atoms with E-state index in [1.807, 2.05) is 29.2 Å². The first kappa shape index (κ1) is 17.3. The van der Waals surface area contributed by atoms with Crippen molar-refractivity contribution in [2.24, 2.45) is 17.8 Å². The first-order valence-electron chi connectivity index (χ1n) is 8.85. The van der Waals surface area contributed by atoms with Gasteiger partial charge in [-0.15, -0.1) is 0 Å². The van der Waals surface area contributed by atoms with E-state index >= 15 is 0 Å². The molecule has 3 unspecified atom stereocenters. The Morgan fingerprint density at radius 3 is 2.92 bits per heavy atom. The van der Waals surface area contributed by atoms with E-state index in [-0.39, 0.29) is 23.7 Å². The number of carbonyl (C=O) groups is 2. The predicted octanol–water partition coefficient (Wildman–Crippen LogP) is 2.89. The number of rotatable bonds is 5. The molecule has 1 saturated carbocycles. The van der Waals surface area contributed by atoms with Gasteiger partial charge >= 0.3 is 0 Å². The molecule has 2 aliphatic rings. The molecule has 5 heteroatoms. The average molecular weight is 349 g/mol. The summed E-state index contributed by atoms with van der Waals surface area (Å²) in [7, 11) is 0. The van der Waals surface area contributed by atoms with Crippen LogP contribution in [0, 0.1) is 17.8 Å².